The molecule has 0 radical (unpaired) electrons. The van der Waals surface area contributed by atoms with Crippen LogP contribution >= 0.6 is 0 Å². The Balaban J connectivity index is 2.12. The maximum absolute atomic E-state index is 12.5. The van der Waals surface area contributed by atoms with Crippen LogP contribution in [0, 0.1) is 0 Å². The number of hydrogen-bond acceptors (Lipinski definition) is 4. The summed E-state index contributed by atoms with van der Waals surface area (Å²) in [6.45, 7) is 3.87. The molecule has 0 amide bonds. The van der Waals surface area contributed by atoms with Gasteiger partial charge in [-0.1, -0.05) is 13.3 Å². The highest BCUT2D eigenvalue weighted by Gasteiger charge is 2.26. The van der Waals surface area contributed by atoms with E-state index in [4.69, 9.17) is 0 Å². The van der Waals surface area contributed by atoms with Gasteiger partial charge in [0.05, 0.1) is 0 Å². The van der Waals surface area contributed by atoms with Gasteiger partial charge < -0.3 is 5.32 Å². The van der Waals surface area contributed by atoms with Crippen molar-refractivity contribution in [1.82, 2.24) is 14.6 Å². The molecule has 1 N–H and O–H groups in total. The first-order valence-corrected chi connectivity index (χ1v) is 8.22. The van der Waals surface area contributed by atoms with Crippen molar-refractivity contribution >= 4 is 10.0 Å². The number of nitrogens with zero attached hydrogens (tertiary/aromatic N) is 2. The molecule has 1 saturated heterocycles. The second-order valence-corrected chi connectivity index (χ2v) is 6.73. The highest BCUT2D eigenvalue weighted by Crippen LogP contribution is 2.16. The van der Waals surface area contributed by atoms with Crippen molar-refractivity contribution in [2.75, 3.05) is 19.6 Å². The molecule has 19 heavy (non-hydrogen) atoms. The first-order chi connectivity index (χ1) is 9.14. The number of sulfonamides is 1. The molecular formula is C13H21N3O2S. The van der Waals surface area contributed by atoms with E-state index in [1.807, 2.05) is 6.92 Å². The molecule has 5 nitrogen and oxygen atoms in total. The van der Waals surface area contributed by atoms with Gasteiger partial charge in [0.1, 0.15) is 4.90 Å². The van der Waals surface area contributed by atoms with Gasteiger partial charge in [-0.05, 0) is 31.5 Å². The van der Waals surface area contributed by atoms with Crippen LogP contribution in [0.1, 0.15) is 26.2 Å². The zero-order chi connectivity index (χ0) is 13.7. The van der Waals surface area contributed by atoms with Crippen LogP contribution in [0.4, 0.5) is 0 Å². The average Bonchev–Trinajstić information content (AvgIpc) is 2.46. The van der Waals surface area contributed by atoms with Crippen molar-refractivity contribution in [3.8, 4) is 0 Å². The van der Waals surface area contributed by atoms with Gasteiger partial charge in [-0.3, -0.25) is 4.98 Å². The Morgan fingerprint density at radius 2 is 2.32 bits per heavy atom. The van der Waals surface area contributed by atoms with Crippen molar-refractivity contribution in [3.63, 3.8) is 0 Å². The van der Waals surface area contributed by atoms with E-state index in [1.165, 1.54) is 23.3 Å². The minimum Gasteiger partial charge on any atom is -0.313 e. The van der Waals surface area contributed by atoms with Crippen LogP contribution in [-0.2, 0) is 10.0 Å². The van der Waals surface area contributed by atoms with Crippen LogP contribution < -0.4 is 5.32 Å². The van der Waals surface area contributed by atoms with Crippen LogP contribution in [0.25, 0.3) is 0 Å². The van der Waals surface area contributed by atoms with Crippen molar-refractivity contribution in [1.29, 1.82) is 0 Å². The lowest BCUT2D eigenvalue weighted by molar-refractivity contribution is 0.319. The first kappa shape index (κ1) is 14.4. The number of likely N-dealkylation sites (N-methyl/N-ethyl adjacent to an activating group) is 1. The van der Waals surface area contributed by atoms with E-state index in [-0.39, 0.29) is 10.9 Å². The van der Waals surface area contributed by atoms with Crippen LogP contribution in [0.15, 0.2) is 29.4 Å². The van der Waals surface area contributed by atoms with Crippen molar-refractivity contribution < 1.29 is 8.42 Å². The number of rotatable bonds is 5. The molecule has 1 unspecified atom stereocenters. The Morgan fingerprint density at radius 3 is 2.89 bits per heavy atom. The van der Waals surface area contributed by atoms with Gasteiger partial charge in [0.2, 0.25) is 10.0 Å². The number of aromatic nitrogens is 1. The van der Waals surface area contributed by atoms with E-state index in [9.17, 15) is 8.42 Å². The molecule has 2 heterocycles. The maximum Gasteiger partial charge on any atom is 0.244 e. The molecular weight excluding hydrogens is 262 g/mol. The minimum atomic E-state index is -3.42. The molecule has 1 atom stereocenters. The van der Waals surface area contributed by atoms with Gasteiger partial charge in [0.15, 0.2) is 0 Å². The molecule has 2 rings (SSSR count). The number of nitrogens with one attached hydrogen (secondary N) is 1. The van der Waals surface area contributed by atoms with Crippen molar-refractivity contribution in [3.05, 3.63) is 24.5 Å². The molecule has 106 valence electrons. The second kappa shape index (κ2) is 6.45. The summed E-state index contributed by atoms with van der Waals surface area (Å²) in [5.74, 6) is 0. The molecule has 1 aromatic rings. The van der Waals surface area contributed by atoms with Crippen LogP contribution in [0.2, 0.25) is 0 Å². The summed E-state index contributed by atoms with van der Waals surface area (Å²) >= 11 is 0. The normalized spacial score (nSPS) is 20.6. The summed E-state index contributed by atoms with van der Waals surface area (Å²) in [5.41, 5.74) is 0. The van der Waals surface area contributed by atoms with Gasteiger partial charge >= 0.3 is 0 Å². The van der Waals surface area contributed by atoms with Gasteiger partial charge in [0, 0.05) is 31.5 Å². The molecule has 1 fully saturated rings. The third kappa shape index (κ3) is 3.52. The van der Waals surface area contributed by atoms with Crippen LogP contribution in [0.5, 0.6) is 0 Å². The number of pyridine rings is 1. The van der Waals surface area contributed by atoms with Gasteiger partial charge in [-0.15, -0.1) is 0 Å². The lowest BCUT2D eigenvalue weighted by Gasteiger charge is -2.29. The van der Waals surface area contributed by atoms with Crippen molar-refractivity contribution in [2.45, 2.75) is 37.1 Å². The smallest absolute Gasteiger partial charge is 0.244 e. The summed E-state index contributed by atoms with van der Waals surface area (Å²) in [6.07, 6.45) is 6.38. The summed E-state index contributed by atoms with van der Waals surface area (Å²) in [6, 6.07) is 3.51. The summed E-state index contributed by atoms with van der Waals surface area (Å²) in [4.78, 5) is 4.16. The Kier molecular flexibility index (Phi) is 4.90. The first-order valence-electron chi connectivity index (χ1n) is 6.78. The maximum atomic E-state index is 12.5. The summed E-state index contributed by atoms with van der Waals surface area (Å²) in [5, 5.41) is 3.39. The predicted octanol–water partition coefficient (Wildman–Crippen LogP) is 1.23. The molecule has 0 aromatic carbocycles. The molecule has 1 aliphatic rings. The zero-order valence-electron chi connectivity index (χ0n) is 11.2. The van der Waals surface area contributed by atoms with E-state index in [0.29, 0.717) is 13.1 Å². The molecule has 0 saturated carbocycles. The Morgan fingerprint density at radius 1 is 1.47 bits per heavy atom. The summed E-state index contributed by atoms with van der Waals surface area (Å²) < 4.78 is 26.5. The standard InChI is InChI=1S/C13H21N3O2S/c1-2-16(11-12-6-3-4-9-15-12)19(17,18)13-7-5-8-14-10-13/h5,7-8,10,12,15H,2-4,6,9,11H2,1H3. The Bertz CT molecular complexity index is 484. The second-order valence-electron chi connectivity index (χ2n) is 4.79. The van der Waals surface area contributed by atoms with E-state index < -0.39 is 10.0 Å². The fourth-order valence-corrected chi connectivity index (χ4v) is 3.83. The lowest BCUT2D eigenvalue weighted by Crippen LogP contribution is -2.45. The highest BCUT2D eigenvalue weighted by atomic mass is 32.2. The molecule has 0 bridgehead atoms. The van der Waals surface area contributed by atoms with Crippen molar-refractivity contribution in [2.24, 2.45) is 0 Å². The fraction of sp³-hybridized carbons (Fsp3) is 0.615. The van der Waals surface area contributed by atoms with E-state index in [2.05, 4.69) is 10.3 Å². The third-order valence-corrected chi connectivity index (χ3v) is 5.39. The monoisotopic (exact) mass is 283 g/mol. The molecule has 1 aliphatic heterocycles. The topological polar surface area (TPSA) is 62.3 Å². The van der Waals surface area contributed by atoms with Gasteiger partial charge in [0.25, 0.3) is 0 Å². The van der Waals surface area contributed by atoms with E-state index >= 15 is 0 Å². The van der Waals surface area contributed by atoms with Crippen LogP contribution in [-0.4, -0.2) is 43.4 Å². The predicted molar refractivity (Wildman–Crippen MR) is 74.3 cm³/mol. The Hall–Kier alpha value is -0.980. The number of piperidine rings is 1. The SMILES string of the molecule is CCN(CC1CCCCN1)S(=O)(=O)c1cccnc1. The molecule has 0 aliphatic carbocycles. The third-order valence-electron chi connectivity index (χ3n) is 3.46. The largest absolute Gasteiger partial charge is 0.313 e. The highest BCUT2D eigenvalue weighted by molar-refractivity contribution is 7.89. The van der Waals surface area contributed by atoms with Gasteiger partial charge in [-0.2, -0.15) is 4.31 Å². The van der Waals surface area contributed by atoms with E-state index in [1.54, 1.807) is 18.3 Å². The minimum absolute atomic E-state index is 0.264. The fourth-order valence-electron chi connectivity index (χ4n) is 2.37. The number of hydrogen-bond donors (Lipinski definition) is 1. The molecule has 0 spiro atoms. The Labute approximate surface area is 115 Å². The molecule has 6 heteroatoms. The lowest BCUT2D eigenvalue weighted by atomic mass is 10.1. The average molecular weight is 283 g/mol. The van der Waals surface area contributed by atoms with Gasteiger partial charge in [-0.25, -0.2) is 8.42 Å². The van der Waals surface area contributed by atoms with Crippen LogP contribution in [0.3, 0.4) is 0 Å². The quantitative estimate of drug-likeness (QED) is 0.883. The zero-order valence-corrected chi connectivity index (χ0v) is 12.1. The van der Waals surface area contributed by atoms with E-state index in [0.717, 1.165) is 13.0 Å². The molecule has 1 aromatic heterocycles. The summed E-state index contributed by atoms with van der Waals surface area (Å²) in [7, 11) is -3.42.